The fraction of sp³-hybridized carbons (Fsp3) is 0.538. The van der Waals surface area contributed by atoms with Gasteiger partial charge in [0.15, 0.2) is 0 Å². The maximum atomic E-state index is 10.1. The number of nitrogens with two attached hydrogens (primary N) is 1. The van der Waals surface area contributed by atoms with Gasteiger partial charge in [0.25, 0.3) is 0 Å². The average Bonchev–Trinajstić information content (AvgIpc) is 2.63. The maximum absolute atomic E-state index is 10.1. The summed E-state index contributed by atoms with van der Waals surface area (Å²) in [7, 11) is 0. The van der Waals surface area contributed by atoms with Gasteiger partial charge in [-0.2, -0.15) is 0 Å². The molecule has 2 unspecified atom stereocenters. The molecule has 2 heteroatoms. The summed E-state index contributed by atoms with van der Waals surface area (Å²) in [6.07, 6.45) is 2.70. The second-order valence-corrected chi connectivity index (χ2v) is 4.72. The normalized spacial score (nSPS) is 30.7. The molecule has 1 aliphatic carbocycles. The van der Waals surface area contributed by atoms with E-state index in [1.54, 1.807) is 0 Å². The highest BCUT2D eigenvalue weighted by Gasteiger charge is 2.36. The molecule has 15 heavy (non-hydrogen) atoms. The number of hydrogen-bond donors (Lipinski definition) is 2. The van der Waals surface area contributed by atoms with Crippen LogP contribution < -0.4 is 5.73 Å². The number of rotatable bonds is 2. The molecule has 1 aromatic carbocycles. The van der Waals surface area contributed by atoms with E-state index in [-0.39, 0.29) is 0 Å². The molecule has 2 rings (SSSR count). The number of aliphatic hydroxyl groups is 1. The van der Waals surface area contributed by atoms with Crippen LogP contribution in [0.25, 0.3) is 0 Å². The Morgan fingerprint density at radius 3 is 2.80 bits per heavy atom. The monoisotopic (exact) mass is 205 g/mol. The van der Waals surface area contributed by atoms with Crippen LogP contribution in [0.5, 0.6) is 0 Å². The van der Waals surface area contributed by atoms with Gasteiger partial charge in [0.1, 0.15) is 0 Å². The van der Waals surface area contributed by atoms with E-state index in [2.05, 4.69) is 31.2 Å². The summed E-state index contributed by atoms with van der Waals surface area (Å²) in [6, 6.07) is 8.43. The van der Waals surface area contributed by atoms with E-state index >= 15 is 0 Å². The van der Waals surface area contributed by atoms with Crippen LogP contribution >= 0.6 is 0 Å². The Morgan fingerprint density at radius 2 is 2.20 bits per heavy atom. The third-order valence-electron chi connectivity index (χ3n) is 3.59. The van der Waals surface area contributed by atoms with Crippen LogP contribution in [0.1, 0.15) is 36.3 Å². The predicted octanol–water partition coefficient (Wildman–Crippen LogP) is 1.95. The first kappa shape index (κ1) is 10.7. The molecule has 1 aliphatic rings. The highest BCUT2D eigenvalue weighted by atomic mass is 16.3. The molecule has 0 heterocycles. The van der Waals surface area contributed by atoms with E-state index in [1.165, 1.54) is 11.1 Å². The highest BCUT2D eigenvalue weighted by Crippen LogP contribution is 2.41. The summed E-state index contributed by atoms with van der Waals surface area (Å²) in [5, 5.41) is 10.1. The lowest BCUT2D eigenvalue weighted by molar-refractivity contribution is 0.0554. The van der Waals surface area contributed by atoms with Gasteiger partial charge in [0, 0.05) is 6.54 Å². The first-order valence-corrected chi connectivity index (χ1v) is 5.63. The van der Waals surface area contributed by atoms with E-state index in [4.69, 9.17) is 5.73 Å². The van der Waals surface area contributed by atoms with Crippen molar-refractivity contribution in [2.75, 3.05) is 6.54 Å². The van der Waals surface area contributed by atoms with Gasteiger partial charge in [-0.15, -0.1) is 0 Å². The molecule has 0 aromatic heterocycles. The van der Waals surface area contributed by atoms with Gasteiger partial charge in [0.2, 0.25) is 0 Å². The van der Waals surface area contributed by atoms with Gasteiger partial charge in [-0.05, 0) is 43.2 Å². The molecule has 0 spiro atoms. The van der Waals surface area contributed by atoms with E-state index in [0.717, 1.165) is 19.3 Å². The van der Waals surface area contributed by atoms with Crippen LogP contribution in [-0.2, 0) is 0 Å². The Kier molecular flexibility index (Phi) is 2.81. The summed E-state index contributed by atoms with van der Waals surface area (Å²) in [5.41, 5.74) is 7.68. The van der Waals surface area contributed by atoms with Crippen molar-refractivity contribution < 1.29 is 5.11 Å². The minimum Gasteiger partial charge on any atom is -0.389 e. The Bertz CT molecular complexity index is 350. The van der Waals surface area contributed by atoms with Crippen molar-refractivity contribution in [3.05, 3.63) is 35.4 Å². The topological polar surface area (TPSA) is 46.2 Å². The fourth-order valence-electron chi connectivity index (χ4n) is 2.60. The van der Waals surface area contributed by atoms with Crippen molar-refractivity contribution in [3.8, 4) is 0 Å². The Labute approximate surface area is 91.1 Å². The summed E-state index contributed by atoms with van der Waals surface area (Å²) in [5.74, 6) is 0.486. The molecule has 0 amide bonds. The van der Waals surface area contributed by atoms with Crippen LogP contribution in [0.15, 0.2) is 24.3 Å². The molecule has 0 aliphatic heterocycles. The van der Waals surface area contributed by atoms with E-state index in [0.29, 0.717) is 12.5 Å². The average molecular weight is 205 g/mol. The van der Waals surface area contributed by atoms with Crippen LogP contribution in [0.2, 0.25) is 0 Å². The van der Waals surface area contributed by atoms with Crippen molar-refractivity contribution in [1.29, 1.82) is 0 Å². The van der Waals surface area contributed by atoms with Gasteiger partial charge in [-0.25, -0.2) is 0 Å². The Hall–Kier alpha value is -0.860. The highest BCUT2D eigenvalue weighted by molar-refractivity contribution is 5.30. The molecule has 1 saturated carbocycles. The molecule has 2 nitrogen and oxygen atoms in total. The van der Waals surface area contributed by atoms with Gasteiger partial charge in [-0.1, -0.05) is 24.3 Å². The molecule has 0 saturated heterocycles. The maximum Gasteiger partial charge on any atom is 0.0775 e. The van der Waals surface area contributed by atoms with Gasteiger partial charge >= 0.3 is 0 Å². The lowest BCUT2D eigenvalue weighted by Gasteiger charge is -2.20. The van der Waals surface area contributed by atoms with Gasteiger partial charge < -0.3 is 10.8 Å². The first-order valence-electron chi connectivity index (χ1n) is 5.63. The third kappa shape index (κ3) is 2.06. The lowest BCUT2D eigenvalue weighted by Crippen LogP contribution is -2.34. The number of hydrogen-bond acceptors (Lipinski definition) is 2. The Morgan fingerprint density at radius 1 is 1.47 bits per heavy atom. The largest absolute Gasteiger partial charge is 0.389 e. The van der Waals surface area contributed by atoms with Crippen LogP contribution in [0, 0.1) is 6.92 Å². The molecule has 1 aromatic rings. The summed E-state index contributed by atoms with van der Waals surface area (Å²) >= 11 is 0. The second kappa shape index (κ2) is 3.95. The van der Waals surface area contributed by atoms with Crippen molar-refractivity contribution in [2.24, 2.45) is 5.73 Å². The summed E-state index contributed by atoms with van der Waals surface area (Å²) < 4.78 is 0. The van der Waals surface area contributed by atoms with E-state index in [1.807, 2.05) is 0 Å². The predicted molar refractivity (Wildman–Crippen MR) is 61.8 cm³/mol. The smallest absolute Gasteiger partial charge is 0.0775 e. The Balaban J connectivity index is 2.18. The second-order valence-electron chi connectivity index (χ2n) is 4.72. The quantitative estimate of drug-likeness (QED) is 0.775. The molecule has 3 N–H and O–H groups in total. The molecule has 2 atom stereocenters. The third-order valence-corrected chi connectivity index (χ3v) is 3.59. The lowest BCUT2D eigenvalue weighted by atomic mass is 9.92. The van der Waals surface area contributed by atoms with Crippen molar-refractivity contribution in [1.82, 2.24) is 0 Å². The molecular weight excluding hydrogens is 186 g/mol. The fourth-order valence-corrected chi connectivity index (χ4v) is 2.60. The zero-order valence-corrected chi connectivity index (χ0v) is 9.24. The molecule has 82 valence electrons. The van der Waals surface area contributed by atoms with Crippen molar-refractivity contribution in [3.63, 3.8) is 0 Å². The molecular formula is C13H19NO. The van der Waals surface area contributed by atoms with Crippen LogP contribution in [0.4, 0.5) is 0 Å². The van der Waals surface area contributed by atoms with E-state index in [9.17, 15) is 5.11 Å². The minimum absolute atomic E-state index is 0.384. The summed E-state index contributed by atoms with van der Waals surface area (Å²) in [4.78, 5) is 0. The van der Waals surface area contributed by atoms with Gasteiger partial charge in [-0.3, -0.25) is 0 Å². The molecule has 0 radical (unpaired) electrons. The number of aryl methyl sites for hydroxylation is 1. The molecule has 1 fully saturated rings. The van der Waals surface area contributed by atoms with E-state index < -0.39 is 5.60 Å². The van der Waals surface area contributed by atoms with Crippen molar-refractivity contribution in [2.45, 2.75) is 37.7 Å². The van der Waals surface area contributed by atoms with Gasteiger partial charge in [0.05, 0.1) is 5.60 Å². The zero-order chi connectivity index (χ0) is 10.9. The molecule has 0 bridgehead atoms. The first-order chi connectivity index (χ1) is 7.14. The van der Waals surface area contributed by atoms with Crippen molar-refractivity contribution >= 4 is 0 Å². The minimum atomic E-state index is -0.618. The van der Waals surface area contributed by atoms with Crippen LogP contribution in [0.3, 0.4) is 0 Å². The standard InChI is InChI=1S/C13H19NO/c1-10-4-2-3-5-12(10)11-6-7-13(15,8-11)9-14/h2-5,11,15H,6-9,14H2,1H3. The summed E-state index contributed by atoms with van der Waals surface area (Å²) in [6.45, 7) is 2.52. The number of benzene rings is 1. The zero-order valence-electron chi connectivity index (χ0n) is 9.24. The SMILES string of the molecule is Cc1ccccc1C1CCC(O)(CN)C1. The van der Waals surface area contributed by atoms with Crippen LogP contribution in [-0.4, -0.2) is 17.3 Å².